The highest BCUT2D eigenvalue weighted by molar-refractivity contribution is 6.40. The second-order valence-corrected chi connectivity index (χ2v) is 7.36. The molecule has 10 heteroatoms. The third-order valence-electron chi connectivity index (χ3n) is 4.45. The highest BCUT2D eigenvalue weighted by atomic mass is 35.5. The van der Waals surface area contributed by atoms with Gasteiger partial charge in [0.25, 0.3) is 0 Å². The monoisotopic (exact) mass is 447 g/mol. The summed E-state index contributed by atoms with van der Waals surface area (Å²) in [6.45, 7) is 4.27. The Hall–Kier alpha value is -2.32. The number of amides is 2. The maximum absolute atomic E-state index is 12.5. The highest BCUT2D eigenvalue weighted by Gasteiger charge is 2.32. The van der Waals surface area contributed by atoms with Crippen molar-refractivity contribution >= 4 is 40.6 Å². The number of benzene rings is 2. The third kappa shape index (κ3) is 5.61. The summed E-state index contributed by atoms with van der Waals surface area (Å²) in [4.78, 5) is 16.3. The predicted molar refractivity (Wildman–Crippen MR) is 107 cm³/mol. The van der Waals surface area contributed by atoms with E-state index in [0.717, 1.165) is 17.8 Å². The Morgan fingerprint density at radius 3 is 2.10 bits per heavy atom. The summed E-state index contributed by atoms with van der Waals surface area (Å²) < 4.78 is 40.8. The van der Waals surface area contributed by atoms with Crippen LogP contribution in [0.15, 0.2) is 36.4 Å². The maximum atomic E-state index is 12.5. The van der Waals surface area contributed by atoms with Crippen LogP contribution >= 0.6 is 23.2 Å². The van der Waals surface area contributed by atoms with Crippen LogP contribution in [-0.2, 0) is 0 Å². The Bertz CT molecular complexity index is 860. The Balaban J connectivity index is 1.61. The van der Waals surface area contributed by atoms with Gasteiger partial charge in [0.1, 0.15) is 5.75 Å². The fourth-order valence-corrected chi connectivity index (χ4v) is 3.53. The molecule has 2 amide bonds. The van der Waals surface area contributed by atoms with Crippen LogP contribution in [0.1, 0.15) is 5.56 Å². The van der Waals surface area contributed by atoms with Gasteiger partial charge >= 0.3 is 12.4 Å². The van der Waals surface area contributed by atoms with E-state index in [1.165, 1.54) is 5.56 Å². The normalized spacial score (nSPS) is 14.7. The van der Waals surface area contributed by atoms with Crippen LogP contribution in [0.25, 0.3) is 0 Å². The molecule has 29 heavy (non-hydrogen) atoms. The van der Waals surface area contributed by atoms with E-state index in [4.69, 9.17) is 23.2 Å². The highest BCUT2D eigenvalue weighted by Crippen LogP contribution is 2.37. The Kier molecular flexibility index (Phi) is 6.33. The summed E-state index contributed by atoms with van der Waals surface area (Å²) in [5, 5.41) is 2.27. The third-order valence-corrected chi connectivity index (χ3v) is 5.04. The largest absolute Gasteiger partial charge is 0.573 e. The summed E-state index contributed by atoms with van der Waals surface area (Å²) >= 11 is 12.0. The molecule has 0 unspecified atom stereocenters. The molecule has 1 aliphatic heterocycles. The minimum absolute atomic E-state index is 0.0359. The first-order chi connectivity index (χ1) is 13.6. The van der Waals surface area contributed by atoms with Crippen LogP contribution in [0.5, 0.6) is 5.75 Å². The fourth-order valence-electron chi connectivity index (χ4n) is 2.97. The number of nitrogens with one attached hydrogen (secondary N) is 1. The topological polar surface area (TPSA) is 44.8 Å². The molecule has 2 aromatic carbocycles. The SMILES string of the molecule is Cc1ccc(N2CCN(C(=O)Nc3c(Cl)cc(OC(F)(F)F)cc3Cl)CC2)cc1. The second kappa shape index (κ2) is 8.59. The average Bonchev–Trinajstić information content (AvgIpc) is 2.64. The number of hydrogen-bond acceptors (Lipinski definition) is 3. The standard InChI is InChI=1S/C19H18Cl2F3N3O2/c1-12-2-4-13(5-3-12)26-6-8-27(9-7-26)18(28)25-17-15(20)10-14(11-16(17)21)29-19(22,23)24/h2-5,10-11H,6-9H2,1H3,(H,25,28). The lowest BCUT2D eigenvalue weighted by Crippen LogP contribution is -2.50. The van der Waals surface area contributed by atoms with Gasteiger partial charge in [-0.2, -0.15) is 0 Å². The summed E-state index contributed by atoms with van der Waals surface area (Å²) in [6.07, 6.45) is -4.87. The minimum atomic E-state index is -4.87. The van der Waals surface area contributed by atoms with E-state index in [0.29, 0.717) is 26.2 Å². The van der Waals surface area contributed by atoms with Crippen molar-refractivity contribution in [1.82, 2.24) is 4.90 Å². The lowest BCUT2D eigenvalue weighted by atomic mass is 10.2. The number of piperazine rings is 1. The molecule has 2 aromatic rings. The van der Waals surface area contributed by atoms with Crippen molar-refractivity contribution in [3.05, 3.63) is 52.0 Å². The van der Waals surface area contributed by atoms with Crippen LogP contribution in [0.2, 0.25) is 10.0 Å². The molecule has 0 aromatic heterocycles. The molecule has 5 nitrogen and oxygen atoms in total. The molecular weight excluding hydrogens is 430 g/mol. The number of carbonyl (C=O) groups excluding carboxylic acids is 1. The molecule has 1 heterocycles. The van der Waals surface area contributed by atoms with Gasteiger partial charge in [-0.3, -0.25) is 0 Å². The number of halogens is 5. The summed E-state index contributed by atoms with van der Waals surface area (Å²) in [6, 6.07) is 9.61. The number of alkyl halides is 3. The molecule has 156 valence electrons. The molecule has 1 saturated heterocycles. The van der Waals surface area contributed by atoms with E-state index in [1.807, 2.05) is 31.2 Å². The first kappa shape index (κ1) is 21.4. The summed E-state index contributed by atoms with van der Waals surface area (Å²) in [7, 11) is 0. The Morgan fingerprint density at radius 1 is 1.03 bits per heavy atom. The molecule has 0 atom stereocenters. The van der Waals surface area contributed by atoms with Gasteiger partial charge in [-0.15, -0.1) is 13.2 Å². The molecule has 0 aliphatic carbocycles. The van der Waals surface area contributed by atoms with Crippen LogP contribution in [0.4, 0.5) is 29.3 Å². The number of anilines is 2. The maximum Gasteiger partial charge on any atom is 0.573 e. The van der Waals surface area contributed by atoms with Crippen LogP contribution in [0.3, 0.4) is 0 Å². The van der Waals surface area contributed by atoms with Gasteiger partial charge in [0, 0.05) is 44.0 Å². The molecule has 0 spiro atoms. The zero-order valence-corrected chi connectivity index (χ0v) is 16.9. The Labute approximate surface area is 175 Å². The quantitative estimate of drug-likeness (QED) is 0.670. The van der Waals surface area contributed by atoms with Gasteiger partial charge in [-0.1, -0.05) is 40.9 Å². The number of rotatable bonds is 3. The number of urea groups is 1. The lowest BCUT2D eigenvalue weighted by molar-refractivity contribution is -0.274. The number of ether oxygens (including phenoxy) is 1. The van der Waals surface area contributed by atoms with E-state index in [9.17, 15) is 18.0 Å². The predicted octanol–water partition coefficient (Wildman–Crippen LogP) is 5.55. The minimum Gasteiger partial charge on any atom is -0.406 e. The summed E-state index contributed by atoms with van der Waals surface area (Å²) in [5.41, 5.74) is 2.29. The number of carbonyl (C=O) groups is 1. The van der Waals surface area contributed by atoms with Gasteiger partial charge in [0.15, 0.2) is 0 Å². The van der Waals surface area contributed by atoms with Gasteiger partial charge in [-0.05, 0) is 19.1 Å². The van der Waals surface area contributed by atoms with Crippen molar-refractivity contribution < 1.29 is 22.7 Å². The first-order valence-corrected chi connectivity index (χ1v) is 9.50. The fraction of sp³-hybridized carbons (Fsp3) is 0.316. The lowest BCUT2D eigenvalue weighted by Gasteiger charge is -2.36. The molecule has 3 rings (SSSR count). The summed E-state index contributed by atoms with van der Waals surface area (Å²) in [5.74, 6) is -0.558. The van der Waals surface area contributed by atoms with Gasteiger partial charge in [0.2, 0.25) is 0 Å². The molecule has 1 fully saturated rings. The van der Waals surface area contributed by atoms with Gasteiger partial charge in [-0.25, -0.2) is 4.79 Å². The van der Waals surface area contributed by atoms with Crippen LogP contribution in [-0.4, -0.2) is 43.5 Å². The Morgan fingerprint density at radius 2 is 1.59 bits per heavy atom. The zero-order chi connectivity index (χ0) is 21.2. The number of nitrogens with zero attached hydrogens (tertiary/aromatic N) is 2. The van der Waals surface area contributed by atoms with Crippen molar-refractivity contribution in [2.45, 2.75) is 13.3 Å². The van der Waals surface area contributed by atoms with Crippen molar-refractivity contribution in [2.24, 2.45) is 0 Å². The van der Waals surface area contributed by atoms with Gasteiger partial charge in [0.05, 0.1) is 15.7 Å². The van der Waals surface area contributed by atoms with Crippen molar-refractivity contribution in [3.8, 4) is 5.75 Å². The molecule has 1 N–H and O–H groups in total. The zero-order valence-electron chi connectivity index (χ0n) is 15.4. The molecule has 0 radical (unpaired) electrons. The van der Waals surface area contributed by atoms with E-state index < -0.39 is 18.1 Å². The number of aryl methyl sites for hydroxylation is 1. The van der Waals surface area contributed by atoms with E-state index >= 15 is 0 Å². The number of hydrogen-bond donors (Lipinski definition) is 1. The van der Waals surface area contributed by atoms with Crippen molar-refractivity contribution in [1.29, 1.82) is 0 Å². The van der Waals surface area contributed by atoms with E-state index in [-0.39, 0.29) is 15.7 Å². The molecule has 0 saturated carbocycles. The molecular formula is C19H18Cl2F3N3O2. The first-order valence-electron chi connectivity index (χ1n) is 8.75. The van der Waals surface area contributed by atoms with Crippen LogP contribution in [0, 0.1) is 6.92 Å². The molecule has 1 aliphatic rings. The smallest absolute Gasteiger partial charge is 0.406 e. The average molecular weight is 448 g/mol. The van der Waals surface area contributed by atoms with Crippen molar-refractivity contribution in [3.63, 3.8) is 0 Å². The second-order valence-electron chi connectivity index (χ2n) is 6.55. The van der Waals surface area contributed by atoms with E-state index in [2.05, 4.69) is 15.0 Å². The van der Waals surface area contributed by atoms with E-state index in [1.54, 1.807) is 4.90 Å². The van der Waals surface area contributed by atoms with Crippen molar-refractivity contribution in [2.75, 3.05) is 36.4 Å². The van der Waals surface area contributed by atoms with Gasteiger partial charge < -0.3 is 19.9 Å². The van der Waals surface area contributed by atoms with Crippen LogP contribution < -0.4 is 15.0 Å². The molecule has 0 bridgehead atoms.